The summed E-state index contributed by atoms with van der Waals surface area (Å²) in [5, 5.41) is 12.3. The fraction of sp³-hybridized carbons (Fsp3) is 0.647. The Labute approximate surface area is 138 Å². The van der Waals surface area contributed by atoms with Gasteiger partial charge in [0.2, 0.25) is 0 Å². The molecule has 126 valence electrons. The van der Waals surface area contributed by atoms with Crippen molar-refractivity contribution < 1.29 is 9.53 Å². The molecule has 0 radical (unpaired) electrons. The number of aryl methyl sites for hydroxylation is 1. The zero-order valence-corrected chi connectivity index (χ0v) is 14.4. The number of rotatable bonds is 6. The fourth-order valence-electron chi connectivity index (χ4n) is 2.40. The predicted molar refractivity (Wildman–Crippen MR) is 87.8 cm³/mol. The standard InChI is InChI=1S/C17H26N4O2/c1-17(2,3)23-16(22)21(14-5-6-14)8-7-19-11-13-9-15(10-18)20(4)12-13/h9,12,14,19H,5-8,11H2,1-4H3. The monoisotopic (exact) mass is 318 g/mol. The van der Waals surface area contributed by atoms with Crippen LogP contribution in [0.1, 0.15) is 44.9 Å². The van der Waals surface area contributed by atoms with Crippen LogP contribution in [0.3, 0.4) is 0 Å². The highest BCUT2D eigenvalue weighted by atomic mass is 16.6. The molecule has 0 saturated heterocycles. The highest BCUT2D eigenvalue weighted by Gasteiger charge is 2.34. The van der Waals surface area contributed by atoms with Crippen LogP contribution in [0.2, 0.25) is 0 Å². The molecule has 6 heteroatoms. The normalized spacial score (nSPS) is 14.4. The SMILES string of the molecule is Cn1cc(CNCCN(C(=O)OC(C)(C)C)C2CC2)cc1C#N. The van der Waals surface area contributed by atoms with Crippen molar-refractivity contribution in [1.82, 2.24) is 14.8 Å². The largest absolute Gasteiger partial charge is 0.444 e. The van der Waals surface area contributed by atoms with Crippen LogP contribution in [0.4, 0.5) is 4.79 Å². The summed E-state index contributed by atoms with van der Waals surface area (Å²) < 4.78 is 7.28. The van der Waals surface area contributed by atoms with E-state index in [4.69, 9.17) is 10.00 Å². The lowest BCUT2D eigenvalue weighted by molar-refractivity contribution is 0.0236. The molecule has 0 atom stereocenters. The van der Waals surface area contributed by atoms with E-state index in [9.17, 15) is 4.79 Å². The predicted octanol–water partition coefficient (Wildman–Crippen LogP) is 2.39. The maximum atomic E-state index is 12.2. The van der Waals surface area contributed by atoms with Crippen molar-refractivity contribution in [1.29, 1.82) is 5.26 Å². The maximum absolute atomic E-state index is 12.2. The minimum Gasteiger partial charge on any atom is -0.444 e. The summed E-state index contributed by atoms with van der Waals surface area (Å²) in [6.45, 7) is 7.68. The smallest absolute Gasteiger partial charge is 0.410 e. The second kappa shape index (κ2) is 7.05. The first-order chi connectivity index (χ1) is 10.8. The molecule has 1 aromatic rings. The molecule has 0 spiro atoms. The lowest BCUT2D eigenvalue weighted by Crippen LogP contribution is -2.41. The molecule has 0 bridgehead atoms. The first-order valence-corrected chi connectivity index (χ1v) is 8.06. The van der Waals surface area contributed by atoms with Crippen LogP contribution in [0, 0.1) is 11.3 Å². The third kappa shape index (κ3) is 5.29. The third-order valence-electron chi connectivity index (χ3n) is 3.65. The molecule has 1 saturated carbocycles. The zero-order valence-electron chi connectivity index (χ0n) is 14.4. The van der Waals surface area contributed by atoms with E-state index in [0.717, 1.165) is 18.4 Å². The van der Waals surface area contributed by atoms with Gasteiger partial charge in [0.05, 0.1) is 0 Å². The molecule has 0 aromatic carbocycles. The minimum atomic E-state index is -0.463. The fourth-order valence-corrected chi connectivity index (χ4v) is 2.40. The van der Waals surface area contributed by atoms with E-state index in [2.05, 4.69) is 11.4 Å². The number of carbonyl (C=O) groups is 1. The molecule has 1 heterocycles. The van der Waals surface area contributed by atoms with Gasteiger partial charge in [0.25, 0.3) is 0 Å². The van der Waals surface area contributed by atoms with Crippen molar-refractivity contribution in [2.45, 2.75) is 51.8 Å². The summed E-state index contributed by atoms with van der Waals surface area (Å²) in [6, 6.07) is 4.35. The molecule has 1 N–H and O–H groups in total. The van der Waals surface area contributed by atoms with Crippen molar-refractivity contribution in [3.8, 4) is 6.07 Å². The number of carbonyl (C=O) groups excluding carboxylic acids is 1. The highest BCUT2D eigenvalue weighted by molar-refractivity contribution is 5.69. The summed E-state index contributed by atoms with van der Waals surface area (Å²) >= 11 is 0. The van der Waals surface area contributed by atoms with Gasteiger partial charge in [-0.25, -0.2) is 4.79 Å². The van der Waals surface area contributed by atoms with E-state index in [1.54, 1.807) is 0 Å². The van der Waals surface area contributed by atoms with Gasteiger partial charge in [-0.05, 0) is 45.2 Å². The Bertz CT molecular complexity index is 591. The van der Waals surface area contributed by atoms with Crippen LogP contribution < -0.4 is 5.32 Å². The quantitative estimate of drug-likeness (QED) is 0.818. The van der Waals surface area contributed by atoms with Crippen LogP contribution in [0.15, 0.2) is 12.3 Å². The van der Waals surface area contributed by atoms with Gasteiger partial charge in [-0.2, -0.15) is 5.26 Å². The lowest BCUT2D eigenvalue weighted by atomic mass is 10.2. The average Bonchev–Trinajstić information content (AvgIpc) is 3.20. The topological polar surface area (TPSA) is 70.3 Å². The number of ether oxygens (including phenoxy) is 1. The van der Waals surface area contributed by atoms with Crippen LogP contribution in [0.25, 0.3) is 0 Å². The Morgan fingerprint density at radius 1 is 1.52 bits per heavy atom. The summed E-state index contributed by atoms with van der Waals surface area (Å²) in [7, 11) is 1.86. The molecular formula is C17H26N4O2. The lowest BCUT2D eigenvalue weighted by Gasteiger charge is -2.27. The van der Waals surface area contributed by atoms with Gasteiger partial charge in [-0.1, -0.05) is 0 Å². The summed E-state index contributed by atoms with van der Waals surface area (Å²) in [4.78, 5) is 14.1. The highest BCUT2D eigenvalue weighted by Crippen LogP contribution is 2.28. The van der Waals surface area contributed by atoms with E-state index in [1.807, 2.05) is 49.5 Å². The van der Waals surface area contributed by atoms with Gasteiger partial charge in [0.1, 0.15) is 17.4 Å². The summed E-state index contributed by atoms with van der Waals surface area (Å²) in [6.07, 6.45) is 3.83. The summed E-state index contributed by atoms with van der Waals surface area (Å²) in [5.41, 5.74) is 1.25. The number of amides is 1. The number of hydrogen-bond donors (Lipinski definition) is 1. The van der Waals surface area contributed by atoms with Crippen molar-refractivity contribution in [2.75, 3.05) is 13.1 Å². The number of nitrogens with zero attached hydrogens (tertiary/aromatic N) is 3. The summed E-state index contributed by atoms with van der Waals surface area (Å²) in [5.74, 6) is 0. The number of nitriles is 1. The van der Waals surface area contributed by atoms with E-state index < -0.39 is 5.60 Å². The molecule has 23 heavy (non-hydrogen) atoms. The molecule has 1 fully saturated rings. The number of aromatic nitrogens is 1. The molecule has 1 aromatic heterocycles. The first kappa shape index (κ1) is 17.4. The van der Waals surface area contributed by atoms with Gasteiger partial charge >= 0.3 is 6.09 Å². The van der Waals surface area contributed by atoms with Crippen LogP contribution in [-0.2, 0) is 18.3 Å². The molecule has 1 aliphatic rings. The van der Waals surface area contributed by atoms with Gasteiger partial charge in [0.15, 0.2) is 0 Å². The second-order valence-electron chi connectivity index (χ2n) is 7.04. The van der Waals surface area contributed by atoms with Crippen LogP contribution in [0.5, 0.6) is 0 Å². The van der Waals surface area contributed by atoms with Gasteiger partial charge in [-0.15, -0.1) is 0 Å². The van der Waals surface area contributed by atoms with Crippen molar-refractivity contribution in [3.63, 3.8) is 0 Å². The van der Waals surface area contributed by atoms with E-state index >= 15 is 0 Å². The van der Waals surface area contributed by atoms with E-state index in [0.29, 0.717) is 31.4 Å². The molecule has 1 amide bonds. The molecule has 1 aliphatic carbocycles. The molecule has 2 rings (SSSR count). The van der Waals surface area contributed by atoms with E-state index in [-0.39, 0.29) is 6.09 Å². The minimum absolute atomic E-state index is 0.228. The van der Waals surface area contributed by atoms with Crippen LogP contribution in [-0.4, -0.2) is 40.3 Å². The molecule has 6 nitrogen and oxygen atoms in total. The number of nitrogens with one attached hydrogen (secondary N) is 1. The zero-order chi connectivity index (χ0) is 17.0. The van der Waals surface area contributed by atoms with Gasteiger partial charge in [-0.3, -0.25) is 0 Å². The van der Waals surface area contributed by atoms with Crippen molar-refractivity contribution in [2.24, 2.45) is 7.05 Å². The Morgan fingerprint density at radius 3 is 2.74 bits per heavy atom. The molecule has 0 unspecified atom stereocenters. The van der Waals surface area contributed by atoms with Crippen molar-refractivity contribution >= 4 is 6.09 Å². The third-order valence-corrected chi connectivity index (χ3v) is 3.65. The molecule has 0 aliphatic heterocycles. The Balaban J connectivity index is 1.78. The Kier molecular flexibility index (Phi) is 5.32. The Morgan fingerprint density at radius 2 is 2.22 bits per heavy atom. The van der Waals surface area contributed by atoms with Crippen molar-refractivity contribution in [3.05, 3.63) is 23.5 Å². The molecular weight excluding hydrogens is 292 g/mol. The number of hydrogen-bond acceptors (Lipinski definition) is 4. The maximum Gasteiger partial charge on any atom is 0.410 e. The van der Waals surface area contributed by atoms with E-state index in [1.165, 1.54) is 0 Å². The Hall–Kier alpha value is -2.00. The van der Waals surface area contributed by atoms with Gasteiger partial charge < -0.3 is 19.5 Å². The van der Waals surface area contributed by atoms with Crippen LogP contribution >= 0.6 is 0 Å². The first-order valence-electron chi connectivity index (χ1n) is 8.06. The average molecular weight is 318 g/mol. The van der Waals surface area contributed by atoms with Gasteiger partial charge in [0, 0.05) is 38.9 Å². The second-order valence-corrected chi connectivity index (χ2v) is 7.04.